The molecule has 104 valence electrons. The summed E-state index contributed by atoms with van der Waals surface area (Å²) < 4.78 is 0. The van der Waals surface area contributed by atoms with E-state index in [1.54, 1.807) is 0 Å². The van der Waals surface area contributed by atoms with Crippen molar-refractivity contribution >= 4 is 5.95 Å². The number of fused-ring (bicyclic) bond motifs is 1. The molecule has 3 rings (SSSR count). The highest BCUT2D eigenvalue weighted by Crippen LogP contribution is 2.24. The molecule has 0 spiro atoms. The van der Waals surface area contributed by atoms with Gasteiger partial charge in [-0.1, -0.05) is 13.3 Å². The highest BCUT2D eigenvalue weighted by molar-refractivity contribution is 5.34. The Morgan fingerprint density at radius 3 is 3.11 bits per heavy atom. The summed E-state index contributed by atoms with van der Waals surface area (Å²) in [5.41, 5.74) is 2.57. The van der Waals surface area contributed by atoms with E-state index in [1.807, 2.05) is 6.20 Å². The van der Waals surface area contributed by atoms with Gasteiger partial charge in [0.05, 0.1) is 5.69 Å². The van der Waals surface area contributed by atoms with Crippen molar-refractivity contribution in [1.82, 2.24) is 14.9 Å². The minimum atomic E-state index is 0.819. The fourth-order valence-corrected chi connectivity index (χ4v) is 3.18. The predicted molar refractivity (Wildman–Crippen MR) is 77.3 cm³/mol. The lowest BCUT2D eigenvalue weighted by molar-refractivity contribution is 0.309. The normalized spacial score (nSPS) is 24.3. The van der Waals surface area contributed by atoms with E-state index in [4.69, 9.17) is 4.98 Å². The second-order valence-electron chi connectivity index (χ2n) is 5.99. The molecule has 2 aliphatic heterocycles. The van der Waals surface area contributed by atoms with Gasteiger partial charge < -0.3 is 9.80 Å². The first-order valence-electron chi connectivity index (χ1n) is 7.54. The largest absolute Gasteiger partial charge is 0.341 e. The standard InChI is InChI=1S/C15H24N4/c1-3-12-5-4-7-19(10-12)15-16-9-13-11-18(2)8-6-14(13)17-15/h9,12H,3-8,10-11H2,1-2H3. The number of aromatic nitrogens is 2. The minimum Gasteiger partial charge on any atom is -0.341 e. The fraction of sp³-hybridized carbons (Fsp3) is 0.733. The number of hydrogen-bond donors (Lipinski definition) is 0. The van der Waals surface area contributed by atoms with Gasteiger partial charge in [-0.25, -0.2) is 9.97 Å². The molecule has 4 heteroatoms. The van der Waals surface area contributed by atoms with Crippen LogP contribution in [0, 0.1) is 5.92 Å². The van der Waals surface area contributed by atoms with Gasteiger partial charge >= 0.3 is 0 Å². The molecule has 0 aromatic carbocycles. The van der Waals surface area contributed by atoms with Gasteiger partial charge in [-0.3, -0.25) is 0 Å². The first kappa shape index (κ1) is 12.9. The van der Waals surface area contributed by atoms with E-state index in [-0.39, 0.29) is 0 Å². The molecule has 3 heterocycles. The van der Waals surface area contributed by atoms with Crippen LogP contribution in [-0.2, 0) is 13.0 Å². The average Bonchev–Trinajstić information content (AvgIpc) is 2.46. The molecule has 1 atom stereocenters. The smallest absolute Gasteiger partial charge is 0.225 e. The number of likely N-dealkylation sites (N-methyl/N-ethyl adjacent to an activating group) is 1. The lowest BCUT2D eigenvalue weighted by atomic mass is 9.96. The molecule has 0 bridgehead atoms. The molecule has 4 nitrogen and oxygen atoms in total. The van der Waals surface area contributed by atoms with Crippen LogP contribution in [0.1, 0.15) is 37.4 Å². The average molecular weight is 260 g/mol. The third kappa shape index (κ3) is 2.73. The predicted octanol–water partition coefficient (Wildman–Crippen LogP) is 2.09. The first-order valence-corrected chi connectivity index (χ1v) is 7.54. The molecule has 0 amide bonds. The first-order chi connectivity index (χ1) is 9.26. The highest BCUT2D eigenvalue weighted by Gasteiger charge is 2.22. The summed E-state index contributed by atoms with van der Waals surface area (Å²) in [5, 5.41) is 0. The van der Waals surface area contributed by atoms with E-state index in [1.165, 1.54) is 30.5 Å². The van der Waals surface area contributed by atoms with Crippen LogP contribution in [0.4, 0.5) is 5.95 Å². The van der Waals surface area contributed by atoms with Crippen molar-refractivity contribution in [2.24, 2.45) is 5.92 Å². The molecule has 0 radical (unpaired) electrons. The van der Waals surface area contributed by atoms with E-state index >= 15 is 0 Å². The molecule has 1 fully saturated rings. The highest BCUT2D eigenvalue weighted by atomic mass is 15.3. The Balaban J connectivity index is 1.78. The van der Waals surface area contributed by atoms with E-state index < -0.39 is 0 Å². The van der Waals surface area contributed by atoms with Gasteiger partial charge in [-0.05, 0) is 25.8 Å². The summed E-state index contributed by atoms with van der Waals surface area (Å²) in [4.78, 5) is 14.2. The second-order valence-corrected chi connectivity index (χ2v) is 5.99. The molecule has 1 saturated heterocycles. The number of nitrogens with zero attached hydrogens (tertiary/aromatic N) is 4. The van der Waals surface area contributed by atoms with Crippen LogP contribution >= 0.6 is 0 Å². The molecule has 0 saturated carbocycles. The van der Waals surface area contributed by atoms with Crippen molar-refractivity contribution < 1.29 is 0 Å². The third-order valence-corrected chi connectivity index (χ3v) is 4.49. The number of hydrogen-bond acceptors (Lipinski definition) is 4. The molecule has 1 unspecified atom stereocenters. The van der Waals surface area contributed by atoms with Crippen LogP contribution in [0.25, 0.3) is 0 Å². The maximum Gasteiger partial charge on any atom is 0.225 e. The summed E-state index contributed by atoms with van der Waals surface area (Å²) in [6, 6.07) is 0. The zero-order chi connectivity index (χ0) is 13.2. The number of anilines is 1. The van der Waals surface area contributed by atoms with Crippen LogP contribution in [0.3, 0.4) is 0 Å². The van der Waals surface area contributed by atoms with E-state index in [0.29, 0.717) is 0 Å². The van der Waals surface area contributed by atoms with Gasteiger partial charge in [0.1, 0.15) is 0 Å². The van der Waals surface area contributed by atoms with Gasteiger partial charge in [0, 0.05) is 44.4 Å². The summed E-state index contributed by atoms with van der Waals surface area (Å²) in [6.07, 6.45) is 7.02. The van der Waals surface area contributed by atoms with Crippen LogP contribution in [0.5, 0.6) is 0 Å². The number of piperidine rings is 1. The van der Waals surface area contributed by atoms with Crippen LogP contribution in [0.2, 0.25) is 0 Å². The topological polar surface area (TPSA) is 32.3 Å². The lowest BCUT2D eigenvalue weighted by Gasteiger charge is -2.33. The molecule has 0 aliphatic carbocycles. The summed E-state index contributed by atoms with van der Waals surface area (Å²) in [5.74, 6) is 1.78. The molecular weight excluding hydrogens is 236 g/mol. The quantitative estimate of drug-likeness (QED) is 0.815. The Morgan fingerprint density at radius 1 is 1.37 bits per heavy atom. The van der Waals surface area contributed by atoms with E-state index in [2.05, 4.69) is 28.8 Å². The van der Waals surface area contributed by atoms with Crippen molar-refractivity contribution in [3.8, 4) is 0 Å². The van der Waals surface area contributed by atoms with Gasteiger partial charge in [0.25, 0.3) is 0 Å². The van der Waals surface area contributed by atoms with Crippen LogP contribution in [-0.4, -0.2) is 41.5 Å². The van der Waals surface area contributed by atoms with Crippen molar-refractivity contribution in [2.75, 3.05) is 31.6 Å². The Hall–Kier alpha value is -1.16. The Bertz CT molecular complexity index is 446. The molecule has 19 heavy (non-hydrogen) atoms. The van der Waals surface area contributed by atoms with Crippen molar-refractivity contribution in [2.45, 2.75) is 39.2 Å². The van der Waals surface area contributed by atoms with Gasteiger partial charge in [0.15, 0.2) is 0 Å². The zero-order valence-corrected chi connectivity index (χ0v) is 12.1. The van der Waals surface area contributed by atoms with Crippen molar-refractivity contribution in [1.29, 1.82) is 0 Å². The molecule has 1 aromatic heterocycles. The molecule has 2 aliphatic rings. The molecule has 0 N–H and O–H groups in total. The monoisotopic (exact) mass is 260 g/mol. The zero-order valence-electron chi connectivity index (χ0n) is 12.1. The fourth-order valence-electron chi connectivity index (χ4n) is 3.18. The Morgan fingerprint density at radius 2 is 2.26 bits per heavy atom. The van der Waals surface area contributed by atoms with Crippen molar-refractivity contribution in [3.63, 3.8) is 0 Å². The maximum atomic E-state index is 4.83. The summed E-state index contributed by atoms with van der Waals surface area (Å²) >= 11 is 0. The SMILES string of the molecule is CCC1CCCN(c2ncc3c(n2)CCN(C)C3)C1. The molecule has 1 aromatic rings. The second kappa shape index (κ2) is 5.45. The summed E-state index contributed by atoms with van der Waals surface area (Å²) in [6.45, 7) is 6.65. The maximum absolute atomic E-state index is 4.83. The van der Waals surface area contributed by atoms with Gasteiger partial charge in [0.2, 0.25) is 5.95 Å². The van der Waals surface area contributed by atoms with Gasteiger partial charge in [-0.15, -0.1) is 0 Å². The van der Waals surface area contributed by atoms with Crippen LogP contribution in [0.15, 0.2) is 6.20 Å². The minimum absolute atomic E-state index is 0.819. The van der Waals surface area contributed by atoms with E-state index in [9.17, 15) is 0 Å². The lowest BCUT2D eigenvalue weighted by Crippen LogP contribution is -2.37. The molecular formula is C15H24N4. The van der Waals surface area contributed by atoms with Gasteiger partial charge in [-0.2, -0.15) is 0 Å². The Labute approximate surface area is 115 Å². The van der Waals surface area contributed by atoms with Crippen LogP contribution < -0.4 is 4.90 Å². The van der Waals surface area contributed by atoms with Crippen molar-refractivity contribution in [3.05, 3.63) is 17.5 Å². The summed E-state index contributed by atoms with van der Waals surface area (Å²) in [7, 11) is 2.16. The third-order valence-electron chi connectivity index (χ3n) is 4.49. The Kier molecular flexibility index (Phi) is 3.69. The van der Waals surface area contributed by atoms with E-state index in [0.717, 1.165) is 44.5 Å². The number of rotatable bonds is 2.